The van der Waals surface area contributed by atoms with Crippen molar-refractivity contribution in [2.45, 2.75) is 25.7 Å². The number of nitrogens with zero attached hydrogens (tertiary/aromatic N) is 2. The van der Waals surface area contributed by atoms with Crippen molar-refractivity contribution in [2.24, 2.45) is 0 Å². The van der Waals surface area contributed by atoms with E-state index in [1.165, 1.54) is 35.1 Å². The molecule has 100 valence electrons. The van der Waals surface area contributed by atoms with E-state index >= 15 is 0 Å². The standard InChI is InChI=1S/C16H14N2OS/c19-14-7-3-1-6-11(14)13-9-12-10-5-2-4-8-15(10)20-16(12)18-17-13/h1,3,6-7,9,19H,2,4-5,8H2. The Hall–Kier alpha value is -1.94. The van der Waals surface area contributed by atoms with E-state index in [1.54, 1.807) is 17.4 Å². The second kappa shape index (κ2) is 4.56. The van der Waals surface area contributed by atoms with Crippen molar-refractivity contribution in [2.75, 3.05) is 0 Å². The highest BCUT2D eigenvalue weighted by Crippen LogP contribution is 2.37. The number of aryl methyl sites for hydroxylation is 2. The lowest BCUT2D eigenvalue weighted by Gasteiger charge is -2.10. The molecular formula is C16H14N2OS. The fourth-order valence-electron chi connectivity index (χ4n) is 2.89. The van der Waals surface area contributed by atoms with Gasteiger partial charge in [0.05, 0.1) is 5.69 Å². The van der Waals surface area contributed by atoms with E-state index in [0.717, 1.165) is 22.5 Å². The lowest BCUT2D eigenvalue weighted by atomic mass is 9.96. The minimum atomic E-state index is 0.255. The molecule has 3 nitrogen and oxygen atoms in total. The maximum atomic E-state index is 9.96. The number of phenols is 1. The van der Waals surface area contributed by atoms with Crippen molar-refractivity contribution in [3.05, 3.63) is 40.8 Å². The topological polar surface area (TPSA) is 46.0 Å². The molecule has 0 amide bonds. The Kier molecular flexibility index (Phi) is 2.70. The number of hydrogen-bond acceptors (Lipinski definition) is 4. The average Bonchev–Trinajstić information content (AvgIpc) is 2.85. The molecule has 2 aromatic heterocycles. The van der Waals surface area contributed by atoms with Crippen LogP contribution in [-0.4, -0.2) is 15.3 Å². The van der Waals surface area contributed by atoms with E-state index in [-0.39, 0.29) is 5.75 Å². The van der Waals surface area contributed by atoms with E-state index in [0.29, 0.717) is 0 Å². The molecule has 20 heavy (non-hydrogen) atoms. The van der Waals surface area contributed by atoms with Crippen LogP contribution in [0.5, 0.6) is 5.75 Å². The van der Waals surface area contributed by atoms with Gasteiger partial charge in [-0.3, -0.25) is 0 Å². The maximum absolute atomic E-state index is 9.96. The Bertz CT molecular complexity index is 794. The zero-order valence-corrected chi connectivity index (χ0v) is 11.8. The first-order valence-corrected chi connectivity index (χ1v) is 7.71. The molecule has 0 radical (unpaired) electrons. The first-order chi connectivity index (χ1) is 9.83. The van der Waals surface area contributed by atoms with Crippen LogP contribution >= 0.6 is 11.3 Å². The van der Waals surface area contributed by atoms with Gasteiger partial charge in [-0.2, -0.15) is 0 Å². The summed E-state index contributed by atoms with van der Waals surface area (Å²) in [5.41, 5.74) is 2.95. The van der Waals surface area contributed by atoms with E-state index in [2.05, 4.69) is 16.3 Å². The zero-order valence-electron chi connectivity index (χ0n) is 11.0. The quantitative estimate of drug-likeness (QED) is 0.735. The van der Waals surface area contributed by atoms with Gasteiger partial charge >= 0.3 is 0 Å². The molecule has 0 fully saturated rings. The van der Waals surface area contributed by atoms with Crippen LogP contribution < -0.4 is 0 Å². The molecule has 1 N–H and O–H groups in total. The summed E-state index contributed by atoms with van der Waals surface area (Å²) < 4.78 is 0. The molecule has 3 aromatic rings. The number of para-hydroxylation sites is 1. The van der Waals surface area contributed by atoms with Crippen molar-refractivity contribution in [3.8, 4) is 17.0 Å². The van der Waals surface area contributed by atoms with Crippen molar-refractivity contribution in [1.29, 1.82) is 0 Å². The third kappa shape index (κ3) is 1.79. The molecule has 1 aliphatic rings. The summed E-state index contributed by atoms with van der Waals surface area (Å²) in [6, 6.07) is 9.37. The molecule has 1 aromatic carbocycles. The van der Waals surface area contributed by atoms with Crippen LogP contribution in [0.2, 0.25) is 0 Å². The monoisotopic (exact) mass is 282 g/mol. The molecular weight excluding hydrogens is 268 g/mol. The minimum Gasteiger partial charge on any atom is -0.507 e. The van der Waals surface area contributed by atoms with E-state index < -0.39 is 0 Å². The molecule has 2 heterocycles. The summed E-state index contributed by atoms with van der Waals surface area (Å²) in [7, 11) is 0. The minimum absolute atomic E-state index is 0.255. The van der Waals surface area contributed by atoms with E-state index in [1.807, 2.05) is 18.2 Å². The Balaban J connectivity index is 1.92. The lowest BCUT2D eigenvalue weighted by Crippen LogP contribution is -1.98. The highest BCUT2D eigenvalue weighted by Gasteiger charge is 2.18. The molecule has 0 aliphatic heterocycles. The van der Waals surface area contributed by atoms with Crippen molar-refractivity contribution < 1.29 is 5.11 Å². The zero-order chi connectivity index (χ0) is 13.5. The Morgan fingerprint density at radius 1 is 1.05 bits per heavy atom. The lowest BCUT2D eigenvalue weighted by molar-refractivity contribution is 0.477. The largest absolute Gasteiger partial charge is 0.507 e. The normalized spacial score (nSPS) is 14.4. The smallest absolute Gasteiger partial charge is 0.146 e. The highest BCUT2D eigenvalue weighted by molar-refractivity contribution is 7.18. The molecule has 4 heteroatoms. The fourth-order valence-corrected chi connectivity index (χ4v) is 4.07. The van der Waals surface area contributed by atoms with Crippen LogP contribution in [0.1, 0.15) is 23.3 Å². The van der Waals surface area contributed by atoms with Gasteiger partial charge in [0.1, 0.15) is 10.6 Å². The predicted molar refractivity (Wildman–Crippen MR) is 81.2 cm³/mol. The fraction of sp³-hybridized carbons (Fsp3) is 0.250. The molecule has 4 rings (SSSR count). The molecule has 0 atom stereocenters. The third-order valence-electron chi connectivity index (χ3n) is 3.90. The van der Waals surface area contributed by atoms with Gasteiger partial charge in [0.25, 0.3) is 0 Å². The van der Waals surface area contributed by atoms with Gasteiger partial charge in [0.15, 0.2) is 0 Å². The van der Waals surface area contributed by atoms with E-state index in [4.69, 9.17) is 0 Å². The first kappa shape index (κ1) is 11.9. The summed E-state index contributed by atoms with van der Waals surface area (Å²) in [6.45, 7) is 0. The van der Waals surface area contributed by atoms with Gasteiger partial charge in [-0.05, 0) is 49.4 Å². The second-order valence-corrected chi connectivity index (χ2v) is 6.26. The highest BCUT2D eigenvalue weighted by atomic mass is 32.1. The molecule has 0 bridgehead atoms. The predicted octanol–water partition coefficient (Wildman–Crippen LogP) is 3.94. The van der Waals surface area contributed by atoms with Crippen LogP contribution in [0.25, 0.3) is 21.5 Å². The summed E-state index contributed by atoms with van der Waals surface area (Å²) in [6.07, 6.45) is 4.84. The number of hydrogen-bond donors (Lipinski definition) is 1. The number of aromatic hydroxyl groups is 1. The SMILES string of the molecule is Oc1ccccc1-c1cc2c3c(sc2nn1)CCCC3. The molecule has 0 spiro atoms. The van der Waals surface area contributed by atoms with Gasteiger partial charge in [-0.25, -0.2) is 0 Å². The van der Waals surface area contributed by atoms with Gasteiger partial charge in [-0.1, -0.05) is 12.1 Å². The third-order valence-corrected chi connectivity index (χ3v) is 5.09. The number of fused-ring (bicyclic) bond motifs is 3. The average molecular weight is 282 g/mol. The van der Waals surface area contributed by atoms with Crippen LogP contribution in [0, 0.1) is 0 Å². The van der Waals surface area contributed by atoms with Crippen molar-refractivity contribution >= 4 is 21.6 Å². The number of benzene rings is 1. The molecule has 0 saturated heterocycles. The number of aromatic nitrogens is 2. The van der Waals surface area contributed by atoms with Gasteiger partial charge in [-0.15, -0.1) is 21.5 Å². The van der Waals surface area contributed by atoms with Gasteiger partial charge in [0, 0.05) is 15.8 Å². The van der Waals surface area contributed by atoms with E-state index in [9.17, 15) is 5.11 Å². The second-order valence-electron chi connectivity index (χ2n) is 5.18. The Morgan fingerprint density at radius 3 is 2.80 bits per heavy atom. The van der Waals surface area contributed by atoms with Crippen LogP contribution in [0.15, 0.2) is 30.3 Å². The summed E-state index contributed by atoms with van der Waals surface area (Å²) >= 11 is 1.77. The van der Waals surface area contributed by atoms with Crippen molar-refractivity contribution in [1.82, 2.24) is 10.2 Å². The number of rotatable bonds is 1. The number of phenolic OH excluding ortho intramolecular Hbond substituents is 1. The number of thiophene rings is 1. The first-order valence-electron chi connectivity index (χ1n) is 6.89. The summed E-state index contributed by atoms with van der Waals surface area (Å²) in [4.78, 5) is 2.49. The summed E-state index contributed by atoms with van der Waals surface area (Å²) in [5, 5.41) is 19.8. The van der Waals surface area contributed by atoms with Gasteiger partial charge in [0.2, 0.25) is 0 Å². The molecule has 0 unspecified atom stereocenters. The maximum Gasteiger partial charge on any atom is 0.146 e. The Morgan fingerprint density at radius 2 is 1.90 bits per heavy atom. The van der Waals surface area contributed by atoms with Gasteiger partial charge < -0.3 is 5.11 Å². The van der Waals surface area contributed by atoms with Crippen molar-refractivity contribution in [3.63, 3.8) is 0 Å². The molecule has 0 saturated carbocycles. The molecule has 1 aliphatic carbocycles. The van der Waals surface area contributed by atoms with Crippen LogP contribution in [-0.2, 0) is 12.8 Å². The van der Waals surface area contributed by atoms with Crippen LogP contribution in [0.3, 0.4) is 0 Å². The summed E-state index contributed by atoms with van der Waals surface area (Å²) in [5.74, 6) is 0.255. The van der Waals surface area contributed by atoms with Crippen LogP contribution in [0.4, 0.5) is 0 Å². The Labute approximate surface area is 120 Å².